The van der Waals surface area contributed by atoms with Crippen LogP contribution < -0.4 is 5.73 Å². The van der Waals surface area contributed by atoms with Crippen LogP contribution in [0.5, 0.6) is 0 Å². The minimum atomic E-state index is -4.40. The predicted molar refractivity (Wildman–Crippen MR) is 48.0 cm³/mol. The third-order valence-electron chi connectivity index (χ3n) is 1.48. The number of hydrogen-bond donors (Lipinski definition) is 1. The minimum Gasteiger partial charge on any atom is -0.465 e. The van der Waals surface area contributed by atoms with Gasteiger partial charge in [0.05, 0.1) is 6.61 Å². The molecule has 8 heteroatoms. The summed E-state index contributed by atoms with van der Waals surface area (Å²) in [4.78, 5) is 6.41. The summed E-state index contributed by atoms with van der Waals surface area (Å²) >= 11 is 1.53. The predicted octanol–water partition coefficient (Wildman–Crippen LogP) is 1.89. The van der Waals surface area contributed by atoms with Crippen LogP contribution in [0.3, 0.4) is 0 Å². The molecule has 0 fully saturated rings. The van der Waals surface area contributed by atoms with Gasteiger partial charge in [-0.25, -0.2) is 0 Å². The molecule has 0 aromatic carbocycles. The average Bonchev–Trinajstić information content (AvgIpc) is 2.01. The Bertz CT molecular complexity index is 232. The van der Waals surface area contributed by atoms with E-state index in [0.717, 1.165) is 0 Å². The van der Waals surface area contributed by atoms with Gasteiger partial charge >= 0.3 is 16.7 Å². The Morgan fingerprint density at radius 1 is 1.47 bits per heavy atom. The SMILES string of the molecule is CCOC(=O)C(N)CC(F)(F)C(F)(F)Br. The summed E-state index contributed by atoms with van der Waals surface area (Å²) in [5.74, 6) is -5.53. The lowest BCUT2D eigenvalue weighted by Crippen LogP contribution is -2.44. The molecular formula is C7H10BrF4NO2. The quantitative estimate of drug-likeness (QED) is 0.479. The van der Waals surface area contributed by atoms with Gasteiger partial charge in [-0.1, -0.05) is 0 Å². The second-order valence-corrected chi connectivity index (χ2v) is 3.76. The Labute approximate surface area is 92.1 Å². The van der Waals surface area contributed by atoms with Gasteiger partial charge < -0.3 is 10.5 Å². The van der Waals surface area contributed by atoms with Crippen molar-refractivity contribution in [2.75, 3.05) is 6.61 Å². The van der Waals surface area contributed by atoms with E-state index in [0.29, 0.717) is 0 Å². The lowest BCUT2D eigenvalue weighted by molar-refractivity contribution is -0.165. The Morgan fingerprint density at radius 2 is 1.93 bits per heavy atom. The minimum absolute atomic E-state index is 0.0528. The second kappa shape index (κ2) is 5.11. The summed E-state index contributed by atoms with van der Waals surface area (Å²) in [6, 6.07) is -1.77. The van der Waals surface area contributed by atoms with Gasteiger partial charge in [-0.3, -0.25) is 4.79 Å². The molecule has 3 nitrogen and oxygen atoms in total. The van der Waals surface area contributed by atoms with Crippen molar-refractivity contribution in [2.45, 2.75) is 30.1 Å². The van der Waals surface area contributed by atoms with Crippen molar-refractivity contribution in [1.29, 1.82) is 0 Å². The van der Waals surface area contributed by atoms with E-state index >= 15 is 0 Å². The lowest BCUT2D eigenvalue weighted by atomic mass is 10.1. The van der Waals surface area contributed by atoms with Gasteiger partial charge in [0, 0.05) is 6.42 Å². The van der Waals surface area contributed by atoms with Gasteiger partial charge in [-0.15, -0.1) is 0 Å². The first-order valence-corrected chi connectivity index (χ1v) is 4.78. The maximum Gasteiger partial charge on any atom is 0.363 e. The number of carbonyl (C=O) groups is 1. The van der Waals surface area contributed by atoms with Gasteiger partial charge in [0.1, 0.15) is 6.04 Å². The van der Waals surface area contributed by atoms with Gasteiger partial charge in [-0.2, -0.15) is 17.6 Å². The van der Waals surface area contributed by atoms with E-state index in [-0.39, 0.29) is 6.61 Å². The molecule has 0 aromatic heterocycles. The lowest BCUT2D eigenvalue weighted by Gasteiger charge is -2.23. The molecule has 15 heavy (non-hydrogen) atoms. The van der Waals surface area contributed by atoms with Crippen LogP contribution in [0.25, 0.3) is 0 Å². The maximum atomic E-state index is 12.7. The standard InChI is InChI=1S/C7H10BrF4NO2/c1-2-15-5(14)4(13)3-6(9,10)7(8,11)12/h4H,2-3,13H2,1H3. The first-order valence-electron chi connectivity index (χ1n) is 3.98. The molecule has 0 heterocycles. The van der Waals surface area contributed by atoms with Gasteiger partial charge in [0.2, 0.25) is 0 Å². The summed E-state index contributed by atoms with van der Waals surface area (Å²) < 4.78 is 54.2. The zero-order valence-corrected chi connectivity index (χ0v) is 9.36. The van der Waals surface area contributed by atoms with Crippen LogP contribution in [-0.4, -0.2) is 29.4 Å². The Hall–Kier alpha value is -0.370. The molecule has 0 saturated carbocycles. The largest absolute Gasteiger partial charge is 0.465 e. The zero-order valence-electron chi connectivity index (χ0n) is 7.78. The molecular weight excluding hydrogens is 286 g/mol. The van der Waals surface area contributed by atoms with Crippen molar-refractivity contribution in [1.82, 2.24) is 0 Å². The van der Waals surface area contributed by atoms with Crippen molar-refractivity contribution in [2.24, 2.45) is 5.73 Å². The maximum absolute atomic E-state index is 12.7. The number of nitrogens with two attached hydrogens (primary N) is 1. The van der Waals surface area contributed by atoms with Crippen LogP contribution in [0.2, 0.25) is 0 Å². The highest BCUT2D eigenvalue weighted by Crippen LogP contribution is 2.42. The molecule has 0 aromatic rings. The molecule has 0 aliphatic rings. The third kappa shape index (κ3) is 4.33. The smallest absolute Gasteiger partial charge is 0.363 e. The van der Waals surface area contributed by atoms with E-state index in [1.165, 1.54) is 22.9 Å². The van der Waals surface area contributed by atoms with Crippen LogP contribution in [-0.2, 0) is 9.53 Å². The topological polar surface area (TPSA) is 52.3 Å². The molecule has 0 aliphatic heterocycles. The Morgan fingerprint density at radius 3 is 2.27 bits per heavy atom. The van der Waals surface area contributed by atoms with Crippen molar-refractivity contribution in [3.8, 4) is 0 Å². The van der Waals surface area contributed by atoms with Crippen LogP contribution in [0.4, 0.5) is 17.6 Å². The van der Waals surface area contributed by atoms with Gasteiger partial charge in [0.25, 0.3) is 0 Å². The number of rotatable bonds is 5. The summed E-state index contributed by atoms with van der Waals surface area (Å²) in [7, 11) is 0. The molecule has 2 N–H and O–H groups in total. The molecule has 0 radical (unpaired) electrons. The van der Waals surface area contributed by atoms with Crippen LogP contribution in [0, 0.1) is 0 Å². The zero-order chi connectivity index (χ0) is 12.3. The van der Waals surface area contributed by atoms with E-state index in [4.69, 9.17) is 5.73 Å². The van der Waals surface area contributed by atoms with Gasteiger partial charge in [0.15, 0.2) is 0 Å². The molecule has 0 bridgehead atoms. The molecule has 0 aliphatic carbocycles. The molecule has 0 rings (SSSR count). The Kier molecular flexibility index (Phi) is 4.98. The van der Waals surface area contributed by atoms with Crippen molar-refractivity contribution < 1.29 is 27.1 Å². The van der Waals surface area contributed by atoms with Crippen molar-refractivity contribution in [3.63, 3.8) is 0 Å². The first-order chi connectivity index (χ1) is 6.62. The fraction of sp³-hybridized carbons (Fsp3) is 0.857. The first kappa shape index (κ1) is 14.6. The molecule has 0 saturated heterocycles. The van der Waals surface area contributed by atoms with Crippen LogP contribution >= 0.6 is 15.9 Å². The highest BCUT2D eigenvalue weighted by molar-refractivity contribution is 9.10. The van der Waals surface area contributed by atoms with Crippen molar-refractivity contribution >= 4 is 21.9 Å². The fourth-order valence-electron chi connectivity index (χ4n) is 0.725. The molecule has 0 amide bonds. The fourth-order valence-corrected chi connectivity index (χ4v) is 0.886. The Balaban J connectivity index is 4.40. The molecule has 90 valence electrons. The highest BCUT2D eigenvalue weighted by atomic mass is 79.9. The van der Waals surface area contributed by atoms with Gasteiger partial charge in [-0.05, 0) is 22.9 Å². The second-order valence-electron chi connectivity index (χ2n) is 2.76. The number of hydrogen-bond acceptors (Lipinski definition) is 3. The summed E-state index contributed by atoms with van der Waals surface area (Å²) in [5, 5.41) is 0. The summed E-state index contributed by atoms with van der Waals surface area (Å²) in [5.41, 5.74) is 4.98. The number of esters is 1. The number of ether oxygens (including phenoxy) is 1. The number of alkyl halides is 5. The summed E-state index contributed by atoms with van der Waals surface area (Å²) in [6.45, 7) is 1.39. The van der Waals surface area contributed by atoms with E-state index in [1.54, 1.807) is 0 Å². The molecule has 0 spiro atoms. The number of halogens is 5. The van der Waals surface area contributed by atoms with Crippen molar-refractivity contribution in [3.05, 3.63) is 0 Å². The van der Waals surface area contributed by atoms with E-state index < -0.39 is 29.2 Å². The van der Waals surface area contributed by atoms with Crippen LogP contribution in [0.1, 0.15) is 13.3 Å². The summed E-state index contributed by atoms with van der Waals surface area (Å²) in [6.07, 6.45) is -1.48. The van der Waals surface area contributed by atoms with Crippen LogP contribution in [0.15, 0.2) is 0 Å². The molecule has 1 unspecified atom stereocenters. The average molecular weight is 296 g/mol. The number of carbonyl (C=O) groups excluding carboxylic acids is 1. The van der Waals surface area contributed by atoms with E-state index in [2.05, 4.69) is 4.74 Å². The van der Waals surface area contributed by atoms with E-state index in [9.17, 15) is 22.4 Å². The third-order valence-corrected chi connectivity index (χ3v) is 2.06. The molecule has 1 atom stereocenters. The normalized spacial score (nSPS) is 14.9. The highest BCUT2D eigenvalue weighted by Gasteiger charge is 2.55. The van der Waals surface area contributed by atoms with E-state index in [1.807, 2.05) is 0 Å². The monoisotopic (exact) mass is 295 g/mol.